The van der Waals surface area contributed by atoms with Crippen LogP contribution in [0.25, 0.3) is 0 Å². The summed E-state index contributed by atoms with van der Waals surface area (Å²) in [6, 6.07) is 0.745. The van der Waals surface area contributed by atoms with Crippen molar-refractivity contribution in [2.75, 3.05) is 39.5 Å². The summed E-state index contributed by atoms with van der Waals surface area (Å²) in [7, 11) is 1.09. The molecule has 0 aliphatic heterocycles. The van der Waals surface area contributed by atoms with Crippen molar-refractivity contribution in [1.82, 2.24) is 0 Å². The minimum absolute atomic E-state index is 0.0170. The molecule has 0 aliphatic rings. The first-order valence-corrected chi connectivity index (χ1v) is 19.8. The highest BCUT2D eigenvalue weighted by atomic mass is 32.2. The Labute approximate surface area is 273 Å². The van der Waals surface area contributed by atoms with E-state index in [4.69, 9.17) is 26.5 Å². The Morgan fingerprint density at radius 1 is 0.977 bits per heavy atom. The van der Waals surface area contributed by atoms with Crippen LogP contribution in [0.4, 0.5) is 0 Å². The maximum atomic E-state index is 13.3. The summed E-state index contributed by atoms with van der Waals surface area (Å²) in [5.41, 5.74) is -4.92. The topological polar surface area (TPSA) is 151 Å². The number of carboxylic acids is 2. The van der Waals surface area contributed by atoms with Crippen molar-refractivity contribution in [2.45, 2.75) is 115 Å². The summed E-state index contributed by atoms with van der Waals surface area (Å²) in [5, 5.41) is 40.9. The quantitative estimate of drug-likeness (QED) is 0.0476. The molecular weight excluding hydrogens is 631 g/mol. The number of aliphatic hydroxyl groups is 2. The van der Waals surface area contributed by atoms with Crippen molar-refractivity contribution in [3.8, 4) is 0 Å². The van der Waals surface area contributed by atoms with Crippen LogP contribution in [0.1, 0.15) is 74.7 Å². The third-order valence-corrected chi connectivity index (χ3v) is 13.5. The molecule has 14 heteroatoms. The van der Waals surface area contributed by atoms with Gasteiger partial charge in [0.15, 0.2) is 14.9 Å². The zero-order valence-corrected chi connectivity index (χ0v) is 31.6. The van der Waals surface area contributed by atoms with Crippen LogP contribution in [0.3, 0.4) is 0 Å². The van der Waals surface area contributed by atoms with Gasteiger partial charge in [-0.25, -0.2) is 4.79 Å². The second-order valence-corrected chi connectivity index (χ2v) is 22.4. The van der Waals surface area contributed by atoms with E-state index in [0.717, 1.165) is 24.2 Å². The first-order valence-electron chi connectivity index (χ1n) is 14.5. The third-order valence-electron chi connectivity index (χ3n) is 8.10. The lowest BCUT2D eigenvalue weighted by atomic mass is 9.73. The van der Waals surface area contributed by atoms with E-state index in [1.54, 1.807) is 62.6 Å². The lowest BCUT2D eigenvalue weighted by molar-refractivity contribution is -0.883. The second-order valence-electron chi connectivity index (χ2n) is 14.3. The zero-order chi connectivity index (χ0) is 34.3. The number of carboxylic acid groups (broad SMARTS) is 2. The SMILES string of the molecule is CCC(C)(O)C(C)(O[Si](C)(C)CCCSC(=S)SC(C)(CC(C)(C)C(=O)O)C(=O)OCC[N+](C)(C)CC(=O)O)C(C)(C)O. The number of likely N-dealkylation sites (N-methyl/N-ethyl adjacent to an activating group) is 1. The highest BCUT2D eigenvalue weighted by Gasteiger charge is 2.55. The van der Waals surface area contributed by atoms with Gasteiger partial charge in [-0.15, -0.1) is 11.8 Å². The van der Waals surface area contributed by atoms with Crippen molar-refractivity contribution >= 4 is 65.5 Å². The zero-order valence-electron chi connectivity index (χ0n) is 28.2. The van der Waals surface area contributed by atoms with E-state index in [9.17, 15) is 29.7 Å². The lowest BCUT2D eigenvalue weighted by Crippen LogP contribution is -2.66. The van der Waals surface area contributed by atoms with Crippen molar-refractivity contribution < 1.29 is 48.5 Å². The third kappa shape index (κ3) is 13.3. The van der Waals surface area contributed by atoms with E-state index in [-0.39, 0.29) is 30.6 Å². The van der Waals surface area contributed by atoms with E-state index in [1.165, 1.54) is 11.8 Å². The molecule has 0 saturated carbocycles. The summed E-state index contributed by atoms with van der Waals surface area (Å²) >= 11 is 8.14. The molecule has 0 saturated heterocycles. The number of hydrogen-bond donors (Lipinski definition) is 4. The maximum Gasteiger partial charge on any atom is 0.359 e. The van der Waals surface area contributed by atoms with Crippen LogP contribution in [0.2, 0.25) is 19.1 Å². The minimum atomic E-state index is -2.36. The number of carbonyl (C=O) groups is 3. The molecule has 0 amide bonds. The number of rotatable bonds is 19. The van der Waals surface area contributed by atoms with Crippen LogP contribution in [0.15, 0.2) is 0 Å². The van der Waals surface area contributed by atoms with Crippen LogP contribution >= 0.6 is 35.7 Å². The molecule has 0 spiro atoms. The van der Waals surface area contributed by atoms with Gasteiger partial charge in [-0.1, -0.05) is 30.9 Å². The molecular formula is C29H56NO9S3Si+. The highest BCUT2D eigenvalue weighted by molar-refractivity contribution is 8.47. The fraction of sp³-hybridized carbons (Fsp3) is 0.862. The van der Waals surface area contributed by atoms with Crippen LogP contribution in [0.5, 0.6) is 0 Å². The molecule has 0 aromatic heterocycles. The number of thioether (sulfide) groups is 2. The summed E-state index contributed by atoms with van der Waals surface area (Å²) in [6.45, 7) is 17.6. The number of quaternary nitrogens is 1. The standard InChI is InChI=1S/C29H55NO9S3Si/c1-13-28(7,37)29(8,26(4,5)36)39-43(11,12)18-14-17-41-24(40)42-27(6,20-25(2,3)22(33)34)23(35)38-16-15-30(9,10)19-21(31)32/h36-37H,13-20H2,1-12H3,(H-,31,32,33,34)/p+1. The molecule has 0 heterocycles. The number of aliphatic carboxylic acids is 2. The number of hydrogen-bond acceptors (Lipinski definition) is 10. The Morgan fingerprint density at radius 3 is 1.95 bits per heavy atom. The largest absolute Gasteiger partial charge is 0.481 e. The predicted molar refractivity (Wildman–Crippen MR) is 181 cm³/mol. The van der Waals surface area contributed by atoms with Gasteiger partial charge in [-0.3, -0.25) is 9.59 Å². The number of thiocarbonyl (C=S) groups is 1. The Bertz CT molecular complexity index is 998. The number of nitrogens with zero attached hydrogens (tertiary/aromatic N) is 1. The molecule has 0 aromatic rings. The fourth-order valence-electron chi connectivity index (χ4n) is 4.75. The lowest BCUT2D eigenvalue weighted by Gasteiger charge is -2.53. The first-order chi connectivity index (χ1) is 19.1. The Balaban J connectivity index is 5.46. The molecule has 0 aliphatic carbocycles. The molecule has 10 nitrogen and oxygen atoms in total. The van der Waals surface area contributed by atoms with E-state index < -0.39 is 53.2 Å². The first kappa shape index (κ1) is 42.3. The van der Waals surface area contributed by atoms with Gasteiger partial charge in [0.05, 0.1) is 30.7 Å². The Hall–Kier alpha value is -0.743. The molecule has 0 aromatic carbocycles. The normalized spacial score (nSPS) is 17.3. The Morgan fingerprint density at radius 2 is 1.51 bits per heavy atom. The van der Waals surface area contributed by atoms with E-state index in [1.807, 2.05) is 6.92 Å². The summed E-state index contributed by atoms with van der Waals surface area (Å²) in [4.78, 5) is 36.3. The molecule has 252 valence electrons. The molecule has 4 N–H and O–H groups in total. The van der Waals surface area contributed by atoms with Gasteiger partial charge < -0.3 is 34.1 Å². The van der Waals surface area contributed by atoms with Gasteiger partial charge in [0.1, 0.15) is 27.0 Å². The van der Waals surface area contributed by atoms with Gasteiger partial charge in [-0.05, 0) is 92.6 Å². The molecule has 0 fully saturated rings. The fourth-order valence-corrected chi connectivity index (χ4v) is 11.0. The Kier molecular flexibility index (Phi) is 15.4. The maximum absolute atomic E-state index is 13.3. The van der Waals surface area contributed by atoms with E-state index >= 15 is 0 Å². The molecule has 3 atom stereocenters. The summed E-state index contributed by atoms with van der Waals surface area (Å²) in [5.74, 6) is -1.96. The van der Waals surface area contributed by atoms with Crippen molar-refractivity contribution in [3.05, 3.63) is 0 Å². The number of ether oxygens (including phenoxy) is 1. The second kappa shape index (κ2) is 15.7. The predicted octanol–water partition coefficient (Wildman–Crippen LogP) is 5.00. The summed E-state index contributed by atoms with van der Waals surface area (Å²) in [6.07, 6.45) is 1.14. The van der Waals surface area contributed by atoms with Crippen LogP contribution in [-0.4, -0.2) is 116 Å². The summed E-state index contributed by atoms with van der Waals surface area (Å²) < 4.78 is 11.5. The van der Waals surface area contributed by atoms with Crippen LogP contribution in [0, 0.1) is 5.41 Å². The average molecular weight is 687 g/mol. The van der Waals surface area contributed by atoms with Crippen molar-refractivity contribution in [3.63, 3.8) is 0 Å². The monoisotopic (exact) mass is 686 g/mol. The molecule has 3 unspecified atom stereocenters. The van der Waals surface area contributed by atoms with Gasteiger partial charge in [0.2, 0.25) is 0 Å². The molecule has 0 bridgehead atoms. The van der Waals surface area contributed by atoms with Crippen LogP contribution in [-0.2, 0) is 23.5 Å². The number of carbonyl (C=O) groups excluding carboxylic acids is 1. The van der Waals surface area contributed by atoms with E-state index in [0.29, 0.717) is 15.7 Å². The van der Waals surface area contributed by atoms with Crippen molar-refractivity contribution in [2.24, 2.45) is 5.41 Å². The van der Waals surface area contributed by atoms with Gasteiger partial charge in [0, 0.05) is 0 Å². The van der Waals surface area contributed by atoms with Crippen molar-refractivity contribution in [1.29, 1.82) is 0 Å². The highest BCUT2D eigenvalue weighted by Crippen LogP contribution is 2.43. The van der Waals surface area contributed by atoms with Gasteiger partial charge in [0.25, 0.3) is 0 Å². The number of esters is 1. The average Bonchev–Trinajstić information content (AvgIpc) is 2.79. The van der Waals surface area contributed by atoms with Gasteiger partial charge >= 0.3 is 17.9 Å². The molecule has 0 radical (unpaired) electrons. The minimum Gasteiger partial charge on any atom is -0.481 e. The molecule has 0 rings (SSSR count). The van der Waals surface area contributed by atoms with E-state index in [2.05, 4.69) is 13.1 Å². The van der Waals surface area contributed by atoms with Crippen LogP contribution < -0.4 is 0 Å². The molecule has 43 heavy (non-hydrogen) atoms. The smallest absolute Gasteiger partial charge is 0.359 e. The van der Waals surface area contributed by atoms with Gasteiger partial charge in [-0.2, -0.15) is 0 Å².